The monoisotopic (exact) mass is 344 g/mol. The molecule has 0 fully saturated rings. The standard InChI is InChI=1S/C19H21FN2O3/c1-4-25-17-9-8-14(19(24)22(2)3)12-16(17)21-18(23)11-13-6-5-7-15(20)10-13/h5-10,12H,4,11H2,1-3H3,(H,21,23). The summed E-state index contributed by atoms with van der Waals surface area (Å²) in [6.45, 7) is 2.25. The van der Waals surface area contributed by atoms with E-state index in [2.05, 4.69) is 5.32 Å². The van der Waals surface area contributed by atoms with Crippen LogP contribution >= 0.6 is 0 Å². The molecule has 2 amide bonds. The van der Waals surface area contributed by atoms with Crippen molar-refractivity contribution in [2.24, 2.45) is 0 Å². The van der Waals surface area contributed by atoms with Gasteiger partial charge in [-0.1, -0.05) is 12.1 Å². The molecule has 0 aliphatic carbocycles. The number of rotatable bonds is 6. The molecule has 0 saturated heterocycles. The maximum absolute atomic E-state index is 13.2. The Bertz CT molecular complexity index is 775. The topological polar surface area (TPSA) is 58.6 Å². The summed E-state index contributed by atoms with van der Waals surface area (Å²) in [4.78, 5) is 25.8. The van der Waals surface area contributed by atoms with Crippen LogP contribution in [0.1, 0.15) is 22.8 Å². The van der Waals surface area contributed by atoms with Gasteiger partial charge in [0.05, 0.1) is 18.7 Å². The third-order valence-corrected chi connectivity index (χ3v) is 3.46. The number of carbonyl (C=O) groups excluding carboxylic acids is 2. The SMILES string of the molecule is CCOc1ccc(C(=O)N(C)C)cc1NC(=O)Cc1cccc(F)c1. The van der Waals surface area contributed by atoms with Crippen LogP contribution in [-0.4, -0.2) is 37.4 Å². The Morgan fingerprint density at radius 3 is 2.56 bits per heavy atom. The summed E-state index contributed by atoms with van der Waals surface area (Å²) in [5, 5.41) is 2.74. The molecule has 2 aromatic rings. The zero-order valence-electron chi connectivity index (χ0n) is 14.5. The molecule has 0 bridgehead atoms. The van der Waals surface area contributed by atoms with Gasteiger partial charge >= 0.3 is 0 Å². The van der Waals surface area contributed by atoms with Crippen LogP contribution in [0, 0.1) is 5.82 Å². The molecule has 2 aromatic carbocycles. The highest BCUT2D eigenvalue weighted by atomic mass is 19.1. The van der Waals surface area contributed by atoms with Gasteiger partial charge in [-0.3, -0.25) is 9.59 Å². The first-order chi connectivity index (χ1) is 11.9. The molecule has 25 heavy (non-hydrogen) atoms. The summed E-state index contributed by atoms with van der Waals surface area (Å²) < 4.78 is 18.7. The molecule has 6 heteroatoms. The van der Waals surface area contributed by atoms with Crippen molar-refractivity contribution in [1.29, 1.82) is 0 Å². The molecule has 1 N–H and O–H groups in total. The van der Waals surface area contributed by atoms with E-state index in [0.717, 1.165) is 0 Å². The molecule has 0 aromatic heterocycles. The van der Waals surface area contributed by atoms with E-state index in [1.807, 2.05) is 6.92 Å². The van der Waals surface area contributed by atoms with Crippen LogP contribution in [0.4, 0.5) is 10.1 Å². The van der Waals surface area contributed by atoms with E-state index in [-0.39, 0.29) is 24.1 Å². The maximum Gasteiger partial charge on any atom is 0.253 e. The van der Waals surface area contributed by atoms with Crippen molar-refractivity contribution < 1.29 is 18.7 Å². The van der Waals surface area contributed by atoms with Gasteiger partial charge in [-0.15, -0.1) is 0 Å². The first-order valence-corrected chi connectivity index (χ1v) is 7.93. The number of carbonyl (C=O) groups is 2. The lowest BCUT2D eigenvalue weighted by molar-refractivity contribution is -0.115. The molecule has 0 aliphatic heterocycles. The van der Waals surface area contributed by atoms with Gasteiger partial charge in [0.2, 0.25) is 5.91 Å². The number of nitrogens with one attached hydrogen (secondary N) is 1. The number of benzene rings is 2. The Labute approximate surface area is 146 Å². The third kappa shape index (κ3) is 5.04. The van der Waals surface area contributed by atoms with E-state index in [1.54, 1.807) is 44.4 Å². The highest BCUT2D eigenvalue weighted by Gasteiger charge is 2.14. The second-order valence-electron chi connectivity index (χ2n) is 5.70. The molecule has 2 rings (SSSR count). The Hall–Kier alpha value is -2.89. The Morgan fingerprint density at radius 1 is 1.16 bits per heavy atom. The van der Waals surface area contributed by atoms with Gasteiger partial charge in [-0.2, -0.15) is 0 Å². The minimum atomic E-state index is -0.390. The van der Waals surface area contributed by atoms with Crippen molar-refractivity contribution in [3.05, 3.63) is 59.4 Å². The Morgan fingerprint density at radius 2 is 1.92 bits per heavy atom. The minimum absolute atomic E-state index is 0.0230. The van der Waals surface area contributed by atoms with E-state index in [0.29, 0.717) is 29.2 Å². The molecular weight excluding hydrogens is 323 g/mol. The van der Waals surface area contributed by atoms with Gasteiger partial charge in [-0.25, -0.2) is 4.39 Å². The number of anilines is 1. The lowest BCUT2D eigenvalue weighted by Crippen LogP contribution is -2.22. The van der Waals surface area contributed by atoms with Crippen LogP contribution in [0.5, 0.6) is 5.75 Å². The van der Waals surface area contributed by atoms with Crippen molar-refractivity contribution in [2.45, 2.75) is 13.3 Å². The van der Waals surface area contributed by atoms with Gasteiger partial charge in [-0.05, 0) is 42.8 Å². The average molecular weight is 344 g/mol. The molecule has 0 spiro atoms. The summed E-state index contributed by atoms with van der Waals surface area (Å²) in [5.41, 5.74) is 1.42. The normalized spacial score (nSPS) is 10.2. The van der Waals surface area contributed by atoms with Crippen molar-refractivity contribution in [1.82, 2.24) is 4.90 Å². The fraction of sp³-hybridized carbons (Fsp3) is 0.263. The lowest BCUT2D eigenvalue weighted by atomic mass is 10.1. The van der Waals surface area contributed by atoms with E-state index in [4.69, 9.17) is 4.74 Å². The first kappa shape index (κ1) is 18.4. The van der Waals surface area contributed by atoms with Crippen LogP contribution in [0.25, 0.3) is 0 Å². The van der Waals surface area contributed by atoms with Gasteiger partial charge in [0.15, 0.2) is 0 Å². The van der Waals surface area contributed by atoms with Gasteiger partial charge in [0.25, 0.3) is 5.91 Å². The van der Waals surface area contributed by atoms with Crippen molar-refractivity contribution in [3.63, 3.8) is 0 Å². The van der Waals surface area contributed by atoms with E-state index in [1.165, 1.54) is 17.0 Å². The van der Waals surface area contributed by atoms with Crippen molar-refractivity contribution in [2.75, 3.05) is 26.0 Å². The quantitative estimate of drug-likeness (QED) is 0.876. The molecule has 0 heterocycles. The fourth-order valence-electron chi connectivity index (χ4n) is 2.33. The summed E-state index contributed by atoms with van der Waals surface area (Å²) in [7, 11) is 3.31. The largest absolute Gasteiger partial charge is 0.492 e. The van der Waals surface area contributed by atoms with Crippen LogP contribution in [0.15, 0.2) is 42.5 Å². The van der Waals surface area contributed by atoms with Gasteiger partial charge in [0, 0.05) is 19.7 Å². The molecule has 0 radical (unpaired) electrons. The second kappa shape index (κ2) is 8.28. The van der Waals surface area contributed by atoms with E-state index in [9.17, 15) is 14.0 Å². The molecule has 0 aliphatic rings. The van der Waals surface area contributed by atoms with Crippen LogP contribution in [0.2, 0.25) is 0 Å². The molecule has 0 atom stereocenters. The van der Waals surface area contributed by atoms with Crippen LogP contribution < -0.4 is 10.1 Å². The van der Waals surface area contributed by atoms with Gasteiger partial charge < -0.3 is 15.0 Å². The predicted molar refractivity (Wildman–Crippen MR) is 94.4 cm³/mol. The van der Waals surface area contributed by atoms with Crippen LogP contribution in [-0.2, 0) is 11.2 Å². The molecule has 0 saturated carbocycles. The number of nitrogens with zero attached hydrogens (tertiary/aromatic N) is 1. The smallest absolute Gasteiger partial charge is 0.253 e. The number of ether oxygens (including phenoxy) is 1. The molecule has 5 nitrogen and oxygen atoms in total. The average Bonchev–Trinajstić information content (AvgIpc) is 2.55. The Kier molecular flexibility index (Phi) is 6.11. The maximum atomic E-state index is 13.2. The van der Waals surface area contributed by atoms with Gasteiger partial charge in [0.1, 0.15) is 11.6 Å². The first-order valence-electron chi connectivity index (χ1n) is 7.93. The number of hydrogen-bond acceptors (Lipinski definition) is 3. The Balaban J connectivity index is 2.21. The number of hydrogen-bond donors (Lipinski definition) is 1. The van der Waals surface area contributed by atoms with E-state index >= 15 is 0 Å². The highest BCUT2D eigenvalue weighted by Crippen LogP contribution is 2.26. The summed E-state index contributed by atoms with van der Waals surface area (Å²) in [6, 6.07) is 10.8. The van der Waals surface area contributed by atoms with E-state index < -0.39 is 0 Å². The second-order valence-corrected chi connectivity index (χ2v) is 5.70. The molecular formula is C19H21FN2O3. The number of halogens is 1. The lowest BCUT2D eigenvalue weighted by Gasteiger charge is -2.15. The van der Waals surface area contributed by atoms with Crippen molar-refractivity contribution in [3.8, 4) is 5.75 Å². The van der Waals surface area contributed by atoms with Crippen molar-refractivity contribution >= 4 is 17.5 Å². The summed E-state index contributed by atoms with van der Waals surface area (Å²) in [5.74, 6) is -0.408. The predicted octanol–water partition coefficient (Wildman–Crippen LogP) is 3.11. The third-order valence-electron chi connectivity index (χ3n) is 3.46. The number of amides is 2. The molecule has 132 valence electrons. The zero-order valence-corrected chi connectivity index (χ0v) is 14.5. The molecule has 0 unspecified atom stereocenters. The summed E-state index contributed by atoms with van der Waals surface area (Å²) >= 11 is 0. The highest BCUT2D eigenvalue weighted by molar-refractivity contribution is 5.98. The van der Waals surface area contributed by atoms with Crippen LogP contribution in [0.3, 0.4) is 0 Å². The zero-order chi connectivity index (χ0) is 18.4. The minimum Gasteiger partial charge on any atom is -0.492 e. The summed E-state index contributed by atoms with van der Waals surface area (Å²) in [6.07, 6.45) is 0.0230. The fourth-order valence-corrected chi connectivity index (χ4v) is 2.33.